The van der Waals surface area contributed by atoms with Crippen LogP contribution in [0.4, 0.5) is 0 Å². The number of aromatic nitrogens is 1. The maximum atomic E-state index is 9.50. The SMILES string of the molecule is N#C/C(=C\C=C(/Cl)c1ccc(Br)cc1)c1nc(-c2ccc(Cl)cc2Cl)cs1. The van der Waals surface area contributed by atoms with Crippen LogP contribution in [0.2, 0.25) is 10.0 Å². The van der Waals surface area contributed by atoms with Crippen LogP contribution in [-0.4, -0.2) is 4.98 Å². The first kappa shape index (κ1) is 20.1. The van der Waals surface area contributed by atoms with Crippen molar-refractivity contribution in [3.05, 3.63) is 85.1 Å². The summed E-state index contributed by atoms with van der Waals surface area (Å²) in [6.07, 6.45) is 3.36. The number of halogens is 4. The van der Waals surface area contributed by atoms with Gasteiger partial charge in [0.1, 0.15) is 11.1 Å². The highest BCUT2D eigenvalue weighted by molar-refractivity contribution is 9.10. The van der Waals surface area contributed by atoms with Gasteiger partial charge in [-0.2, -0.15) is 5.26 Å². The average molecular weight is 497 g/mol. The summed E-state index contributed by atoms with van der Waals surface area (Å²) < 4.78 is 0.972. The largest absolute Gasteiger partial charge is 0.235 e. The van der Waals surface area contributed by atoms with Crippen molar-refractivity contribution in [2.45, 2.75) is 0 Å². The molecule has 2 nitrogen and oxygen atoms in total. The van der Waals surface area contributed by atoms with Gasteiger partial charge in [0.2, 0.25) is 0 Å². The van der Waals surface area contributed by atoms with Crippen LogP contribution in [0.5, 0.6) is 0 Å². The number of nitriles is 1. The van der Waals surface area contributed by atoms with Crippen molar-refractivity contribution in [1.29, 1.82) is 5.26 Å². The number of thiazole rings is 1. The van der Waals surface area contributed by atoms with Crippen LogP contribution in [0, 0.1) is 11.3 Å². The fourth-order valence-corrected chi connectivity index (χ4v) is 3.99. The number of hydrogen-bond acceptors (Lipinski definition) is 3. The van der Waals surface area contributed by atoms with E-state index in [1.807, 2.05) is 35.7 Å². The first-order valence-corrected chi connectivity index (χ1v) is 10.4. The molecule has 3 aromatic rings. The van der Waals surface area contributed by atoms with Gasteiger partial charge in [-0.1, -0.05) is 62.9 Å². The van der Waals surface area contributed by atoms with Crippen molar-refractivity contribution >= 4 is 72.7 Å². The Labute approximate surface area is 184 Å². The van der Waals surface area contributed by atoms with Gasteiger partial charge >= 0.3 is 0 Å². The molecule has 0 bridgehead atoms. The molecule has 3 rings (SSSR count). The van der Waals surface area contributed by atoms with Gasteiger partial charge in [-0.3, -0.25) is 0 Å². The van der Waals surface area contributed by atoms with Gasteiger partial charge in [-0.05, 0) is 48.0 Å². The number of rotatable bonds is 4. The van der Waals surface area contributed by atoms with Crippen molar-refractivity contribution in [2.24, 2.45) is 0 Å². The van der Waals surface area contributed by atoms with E-state index < -0.39 is 0 Å². The van der Waals surface area contributed by atoms with Crippen LogP contribution in [0.3, 0.4) is 0 Å². The maximum Gasteiger partial charge on any atom is 0.134 e. The van der Waals surface area contributed by atoms with Crippen LogP contribution >= 0.6 is 62.1 Å². The second-order valence-corrected chi connectivity index (χ2v) is 8.40. The molecular formula is C20H10BrCl3N2S. The van der Waals surface area contributed by atoms with Gasteiger partial charge in [0, 0.05) is 25.5 Å². The number of hydrogen-bond donors (Lipinski definition) is 0. The third kappa shape index (κ3) is 5.01. The third-order valence-electron chi connectivity index (χ3n) is 3.58. The minimum Gasteiger partial charge on any atom is -0.235 e. The second kappa shape index (κ2) is 9.05. The third-order valence-corrected chi connectivity index (χ3v) is 5.87. The molecule has 0 radical (unpaired) electrons. The van der Waals surface area contributed by atoms with E-state index >= 15 is 0 Å². The minimum atomic E-state index is 0.423. The van der Waals surface area contributed by atoms with E-state index in [0.29, 0.717) is 31.4 Å². The maximum absolute atomic E-state index is 9.50. The Kier molecular flexibility index (Phi) is 6.75. The Morgan fingerprint density at radius 1 is 1.11 bits per heavy atom. The van der Waals surface area contributed by atoms with Crippen LogP contribution in [0.15, 0.2) is 64.5 Å². The highest BCUT2D eigenvalue weighted by Gasteiger charge is 2.11. The Hall–Kier alpha value is -1.61. The van der Waals surface area contributed by atoms with Crippen LogP contribution in [0.1, 0.15) is 10.6 Å². The predicted molar refractivity (Wildman–Crippen MR) is 119 cm³/mol. The van der Waals surface area contributed by atoms with Gasteiger partial charge < -0.3 is 0 Å². The van der Waals surface area contributed by atoms with Crippen LogP contribution in [-0.2, 0) is 0 Å². The summed E-state index contributed by atoms with van der Waals surface area (Å²) in [4.78, 5) is 4.53. The van der Waals surface area contributed by atoms with Crippen molar-refractivity contribution in [3.8, 4) is 17.3 Å². The lowest BCUT2D eigenvalue weighted by Gasteiger charge is -2.00. The molecule has 0 saturated heterocycles. The van der Waals surface area contributed by atoms with Gasteiger partial charge in [0.25, 0.3) is 0 Å². The highest BCUT2D eigenvalue weighted by Crippen LogP contribution is 2.32. The molecule has 0 aliphatic rings. The molecule has 0 amide bonds. The van der Waals surface area contributed by atoms with E-state index in [4.69, 9.17) is 34.8 Å². The molecule has 0 aliphatic carbocycles. The molecule has 134 valence electrons. The molecule has 0 atom stereocenters. The second-order valence-electron chi connectivity index (χ2n) is 5.38. The molecule has 7 heteroatoms. The molecule has 0 unspecified atom stereocenters. The topological polar surface area (TPSA) is 36.7 Å². The smallest absolute Gasteiger partial charge is 0.134 e. The van der Waals surface area contributed by atoms with E-state index in [9.17, 15) is 5.26 Å². The molecule has 0 fully saturated rings. The van der Waals surface area contributed by atoms with Crippen molar-refractivity contribution in [1.82, 2.24) is 4.98 Å². The number of benzene rings is 2. The van der Waals surface area contributed by atoms with E-state index in [2.05, 4.69) is 27.0 Å². The molecule has 0 saturated carbocycles. The summed E-state index contributed by atoms with van der Waals surface area (Å²) >= 11 is 23.3. The standard InChI is InChI=1S/C20H10BrCl3N2S/c21-14-4-1-12(2-5-14)17(23)8-3-13(10-25)20-26-19(11-27-20)16-7-6-15(22)9-18(16)24/h1-9,11H/b13-3+,17-8-. The lowest BCUT2D eigenvalue weighted by molar-refractivity contribution is 1.37. The Morgan fingerprint density at radius 3 is 2.52 bits per heavy atom. The van der Waals surface area contributed by atoms with E-state index in [-0.39, 0.29) is 0 Å². The van der Waals surface area contributed by atoms with E-state index in [1.165, 1.54) is 11.3 Å². The van der Waals surface area contributed by atoms with Crippen LogP contribution in [0.25, 0.3) is 21.9 Å². The summed E-state index contributed by atoms with van der Waals surface area (Å²) in [6.45, 7) is 0. The van der Waals surface area contributed by atoms with Gasteiger partial charge in [0.05, 0.1) is 16.3 Å². The lowest BCUT2D eigenvalue weighted by Crippen LogP contribution is -1.83. The summed E-state index contributed by atoms with van der Waals surface area (Å²) in [5.74, 6) is 0. The van der Waals surface area contributed by atoms with Gasteiger partial charge in [0.15, 0.2) is 0 Å². The van der Waals surface area contributed by atoms with E-state index in [0.717, 1.165) is 15.6 Å². The molecule has 0 aliphatic heterocycles. The molecule has 1 aromatic heterocycles. The lowest BCUT2D eigenvalue weighted by atomic mass is 10.1. The molecular weight excluding hydrogens is 487 g/mol. The molecule has 27 heavy (non-hydrogen) atoms. The Bertz CT molecular complexity index is 1080. The van der Waals surface area contributed by atoms with Gasteiger partial charge in [-0.25, -0.2) is 4.98 Å². The molecule has 2 aromatic carbocycles. The highest BCUT2D eigenvalue weighted by atomic mass is 79.9. The molecule has 0 N–H and O–H groups in total. The quantitative estimate of drug-likeness (QED) is 0.270. The average Bonchev–Trinajstić information content (AvgIpc) is 3.12. The normalized spacial score (nSPS) is 12.1. The van der Waals surface area contributed by atoms with Gasteiger partial charge in [-0.15, -0.1) is 11.3 Å². The fraction of sp³-hybridized carbons (Fsp3) is 0. The summed E-state index contributed by atoms with van der Waals surface area (Å²) in [7, 11) is 0. The van der Waals surface area contributed by atoms with E-state index in [1.54, 1.807) is 24.3 Å². The summed E-state index contributed by atoms with van der Waals surface area (Å²) in [5, 5.41) is 13.6. The summed E-state index contributed by atoms with van der Waals surface area (Å²) in [5.41, 5.74) is 2.75. The Balaban J connectivity index is 1.89. The molecule has 0 spiro atoms. The first-order chi connectivity index (χ1) is 13.0. The van der Waals surface area contributed by atoms with Crippen molar-refractivity contribution < 1.29 is 0 Å². The zero-order valence-corrected chi connectivity index (χ0v) is 18.3. The zero-order valence-electron chi connectivity index (χ0n) is 13.6. The van der Waals surface area contributed by atoms with Crippen LogP contribution < -0.4 is 0 Å². The molecule has 1 heterocycles. The Morgan fingerprint density at radius 2 is 1.85 bits per heavy atom. The minimum absolute atomic E-state index is 0.423. The fourth-order valence-electron chi connectivity index (χ4n) is 2.24. The van der Waals surface area contributed by atoms with Crippen molar-refractivity contribution in [3.63, 3.8) is 0 Å². The first-order valence-electron chi connectivity index (χ1n) is 7.63. The predicted octanol–water partition coefficient (Wildman–Crippen LogP) is 8.07. The zero-order chi connectivity index (χ0) is 19.4. The van der Waals surface area contributed by atoms with Crippen molar-refractivity contribution in [2.75, 3.05) is 0 Å². The summed E-state index contributed by atoms with van der Waals surface area (Å²) in [6, 6.07) is 15.0. The number of nitrogens with zero attached hydrogens (tertiary/aromatic N) is 2. The number of allylic oxidation sites excluding steroid dienone is 3. The monoisotopic (exact) mass is 494 g/mol.